The fourth-order valence-corrected chi connectivity index (χ4v) is 11.8. The number of rotatable bonds is 76. The molecule has 2 atom stereocenters. The van der Waals surface area contributed by atoms with E-state index >= 15 is 0 Å². The first kappa shape index (κ1) is 93.0. The number of carboxylic acids is 1. The largest absolute Gasteiger partial charge is 0.477 e. The number of carbonyl (C=O) groups excluding carboxylic acids is 2. The number of hydrogen-bond donors (Lipinski definition) is 1. The van der Waals surface area contributed by atoms with E-state index in [1.54, 1.807) is 0 Å². The fourth-order valence-electron chi connectivity index (χ4n) is 11.8. The summed E-state index contributed by atoms with van der Waals surface area (Å²) in [6.45, 7) is 4.81. The second kappa shape index (κ2) is 77.7. The summed E-state index contributed by atoms with van der Waals surface area (Å²) in [6, 6.07) is 0. The van der Waals surface area contributed by atoms with E-state index in [9.17, 15) is 19.5 Å². The van der Waals surface area contributed by atoms with Gasteiger partial charge in [0.2, 0.25) is 0 Å². The van der Waals surface area contributed by atoms with Crippen LogP contribution in [-0.4, -0.2) is 87.4 Å². The Morgan fingerprint density at radius 1 is 0.320 bits per heavy atom. The molecule has 0 bridgehead atoms. The molecule has 2 unspecified atom stereocenters. The number of nitrogens with zero attached hydrogens (tertiary/aromatic N) is 1. The van der Waals surface area contributed by atoms with E-state index in [0.29, 0.717) is 23.9 Å². The lowest BCUT2D eigenvalue weighted by Crippen LogP contribution is -2.40. The molecule has 0 aliphatic rings. The summed E-state index contributed by atoms with van der Waals surface area (Å²) in [6.07, 6.45) is 107. The highest BCUT2D eigenvalue weighted by Gasteiger charge is 2.25. The first-order chi connectivity index (χ1) is 47.6. The van der Waals surface area contributed by atoms with Crippen molar-refractivity contribution in [3.63, 3.8) is 0 Å². The van der Waals surface area contributed by atoms with Crippen LogP contribution in [0, 0.1) is 0 Å². The summed E-state index contributed by atoms with van der Waals surface area (Å²) in [7, 11) is 5.99. The maximum Gasteiger partial charge on any atom is 0.361 e. The Bertz CT molecular complexity index is 1970. The number of likely N-dealkylation sites (N-methyl/N-ethyl adjacent to an activating group) is 1. The van der Waals surface area contributed by atoms with Crippen LogP contribution in [-0.2, 0) is 33.3 Å². The third-order valence-electron chi connectivity index (χ3n) is 18.0. The Morgan fingerprint density at radius 3 is 0.887 bits per heavy atom. The maximum absolute atomic E-state index is 13.0. The standard InChI is InChI=1S/C88H155NO8/c1-6-8-10-12-14-16-18-20-22-24-26-28-30-32-34-36-38-40-42-43-45-47-49-51-53-55-57-59-61-63-65-67-69-71-73-75-77-79-86(91)97-84(83-96-88(87(92)93)94-81-80-89(3,4)5)82-95-85(90)78-76-74-72-70-68-66-64-62-60-58-56-54-52-50-48-46-44-41-39-37-35-33-31-29-27-25-23-21-19-17-15-13-11-9-7-2/h8,10,14,16,20,22,25-28,32,34,38,40,43,45,49,51,84,88H,6-7,9,11-13,15,17-19,21,23-24,29-31,33,35-37,39,41-42,44,46-48,50,52-83H2,1-5H3/p+1/b10-8-,16-14-,22-20-,27-25-,28-26-,34-32-,40-38-,45-43-,51-49-. The van der Waals surface area contributed by atoms with Crippen LogP contribution in [0.5, 0.6) is 0 Å². The van der Waals surface area contributed by atoms with Crippen LogP contribution < -0.4 is 0 Å². The molecule has 9 heteroatoms. The monoisotopic (exact) mass is 1360 g/mol. The molecule has 560 valence electrons. The van der Waals surface area contributed by atoms with Crippen molar-refractivity contribution in [1.82, 2.24) is 0 Å². The Kier molecular flexibility index (Phi) is 74.4. The molecule has 0 aliphatic carbocycles. The second-order valence-electron chi connectivity index (χ2n) is 28.7. The highest BCUT2D eigenvalue weighted by Crippen LogP contribution is 2.19. The van der Waals surface area contributed by atoms with Crippen LogP contribution in [0.3, 0.4) is 0 Å². The Morgan fingerprint density at radius 2 is 0.588 bits per heavy atom. The average molecular weight is 1360 g/mol. The van der Waals surface area contributed by atoms with Gasteiger partial charge in [-0.05, 0) is 103 Å². The number of carboxylic acid groups (broad SMARTS) is 1. The van der Waals surface area contributed by atoms with E-state index in [4.69, 9.17) is 18.9 Å². The summed E-state index contributed by atoms with van der Waals surface area (Å²) in [5.41, 5.74) is 0. The number of aliphatic carboxylic acids is 1. The number of esters is 2. The van der Waals surface area contributed by atoms with Gasteiger partial charge in [-0.2, -0.15) is 0 Å². The zero-order chi connectivity index (χ0) is 70.4. The zero-order valence-electron chi connectivity index (χ0n) is 64.2. The van der Waals surface area contributed by atoms with Crippen LogP contribution in [0.15, 0.2) is 109 Å². The summed E-state index contributed by atoms with van der Waals surface area (Å²) in [4.78, 5) is 37.8. The predicted molar refractivity (Wildman–Crippen MR) is 419 cm³/mol. The lowest BCUT2D eigenvalue weighted by atomic mass is 10.0. The summed E-state index contributed by atoms with van der Waals surface area (Å²) < 4.78 is 23.1. The number of carbonyl (C=O) groups is 3. The zero-order valence-corrected chi connectivity index (χ0v) is 64.2. The van der Waals surface area contributed by atoms with Gasteiger partial charge in [0.1, 0.15) is 13.2 Å². The van der Waals surface area contributed by atoms with Crippen LogP contribution >= 0.6 is 0 Å². The average Bonchev–Trinajstić information content (AvgIpc) is 3.11. The van der Waals surface area contributed by atoms with Gasteiger partial charge in [-0.3, -0.25) is 9.59 Å². The molecule has 0 saturated heterocycles. The van der Waals surface area contributed by atoms with Gasteiger partial charge in [-0.25, -0.2) is 4.79 Å². The van der Waals surface area contributed by atoms with Crippen molar-refractivity contribution >= 4 is 17.9 Å². The third kappa shape index (κ3) is 79.2. The number of unbranched alkanes of at least 4 members (excludes halogenated alkanes) is 43. The molecule has 0 spiro atoms. The molecule has 0 aromatic carbocycles. The highest BCUT2D eigenvalue weighted by molar-refractivity contribution is 5.71. The molecule has 0 rings (SSSR count). The van der Waals surface area contributed by atoms with E-state index in [1.807, 2.05) is 21.1 Å². The van der Waals surface area contributed by atoms with Crippen LogP contribution in [0.25, 0.3) is 0 Å². The van der Waals surface area contributed by atoms with Crippen molar-refractivity contribution in [2.75, 3.05) is 47.5 Å². The molecule has 0 aromatic heterocycles. The lowest BCUT2D eigenvalue weighted by Gasteiger charge is -2.25. The molecule has 0 aliphatic heterocycles. The summed E-state index contributed by atoms with van der Waals surface area (Å²) in [5.74, 6) is -1.99. The molecule has 0 heterocycles. The molecule has 97 heavy (non-hydrogen) atoms. The van der Waals surface area contributed by atoms with Crippen molar-refractivity contribution < 1.29 is 42.9 Å². The second-order valence-corrected chi connectivity index (χ2v) is 28.7. The van der Waals surface area contributed by atoms with Gasteiger partial charge >= 0.3 is 17.9 Å². The topological polar surface area (TPSA) is 108 Å². The van der Waals surface area contributed by atoms with Crippen LogP contribution in [0.2, 0.25) is 0 Å². The molecule has 9 nitrogen and oxygen atoms in total. The summed E-state index contributed by atoms with van der Waals surface area (Å²) in [5, 5.41) is 9.78. The van der Waals surface area contributed by atoms with Crippen molar-refractivity contribution in [3.05, 3.63) is 109 Å². The Balaban J connectivity index is 4.03. The minimum absolute atomic E-state index is 0.183. The van der Waals surface area contributed by atoms with E-state index in [1.165, 1.54) is 250 Å². The molecule has 1 N–H and O–H groups in total. The van der Waals surface area contributed by atoms with Gasteiger partial charge in [0.15, 0.2) is 6.10 Å². The van der Waals surface area contributed by atoms with Gasteiger partial charge in [-0.15, -0.1) is 0 Å². The molecular weight excluding hydrogens is 1200 g/mol. The quantitative estimate of drug-likeness (QED) is 0.0211. The van der Waals surface area contributed by atoms with Gasteiger partial charge in [-0.1, -0.05) is 367 Å². The summed E-state index contributed by atoms with van der Waals surface area (Å²) >= 11 is 0. The van der Waals surface area contributed by atoms with Crippen LogP contribution in [0.1, 0.15) is 373 Å². The Hall–Kier alpha value is -4.05. The van der Waals surface area contributed by atoms with Gasteiger partial charge in [0.25, 0.3) is 6.29 Å². The smallest absolute Gasteiger partial charge is 0.361 e. The molecule has 0 radical (unpaired) electrons. The van der Waals surface area contributed by atoms with Gasteiger partial charge < -0.3 is 28.5 Å². The number of allylic oxidation sites excluding steroid dienone is 18. The molecule has 0 saturated carbocycles. The third-order valence-corrected chi connectivity index (χ3v) is 18.0. The maximum atomic E-state index is 13.0. The predicted octanol–water partition coefficient (Wildman–Crippen LogP) is 26.5. The van der Waals surface area contributed by atoms with Crippen molar-refractivity contribution in [2.24, 2.45) is 0 Å². The van der Waals surface area contributed by atoms with Crippen molar-refractivity contribution in [2.45, 2.75) is 386 Å². The minimum Gasteiger partial charge on any atom is -0.477 e. The minimum atomic E-state index is -1.52. The van der Waals surface area contributed by atoms with Gasteiger partial charge in [0.05, 0.1) is 34.4 Å². The first-order valence-electron chi connectivity index (χ1n) is 41.1. The van der Waals surface area contributed by atoms with E-state index in [2.05, 4.69) is 123 Å². The number of hydrogen-bond acceptors (Lipinski definition) is 7. The molecule has 0 aromatic rings. The van der Waals surface area contributed by atoms with Crippen molar-refractivity contribution in [1.29, 1.82) is 0 Å². The van der Waals surface area contributed by atoms with Crippen LogP contribution in [0.4, 0.5) is 0 Å². The highest BCUT2D eigenvalue weighted by atomic mass is 16.7. The van der Waals surface area contributed by atoms with E-state index in [-0.39, 0.29) is 32.2 Å². The van der Waals surface area contributed by atoms with E-state index in [0.717, 1.165) is 89.9 Å². The normalized spacial score (nSPS) is 13.2. The Labute approximate surface area is 600 Å². The molecular formula is C88H156NO8+. The molecule has 0 amide bonds. The SMILES string of the molecule is CC/C=C\C/C=C\C/C=C\C/C=C\C/C=C\C/C=C\C/C=C\C/C=C\CCCCCCCCCCCCCCC(=O)OC(COC(=O)CCCCCCCCCCCCCCCCCCCCCCCCC/C=C\CCCCCCCCCC)COC(OCC[N+](C)(C)C)C(=O)O. The molecule has 0 fully saturated rings. The lowest BCUT2D eigenvalue weighted by molar-refractivity contribution is -0.870. The number of ether oxygens (including phenoxy) is 4. The first-order valence-corrected chi connectivity index (χ1v) is 41.1. The number of quaternary nitrogens is 1. The van der Waals surface area contributed by atoms with E-state index < -0.39 is 24.3 Å². The fraction of sp³-hybridized carbons (Fsp3) is 0.761. The van der Waals surface area contributed by atoms with Crippen molar-refractivity contribution in [3.8, 4) is 0 Å². The van der Waals surface area contributed by atoms with Gasteiger partial charge in [0, 0.05) is 12.8 Å².